The van der Waals surface area contributed by atoms with Gasteiger partial charge in [0.25, 0.3) is 5.69 Å². The SMILES string of the molecule is CNCc1cc([N+](=O)[O-])ccc1OCCOCCO. The molecule has 7 nitrogen and oxygen atoms in total. The highest BCUT2D eigenvalue weighted by Crippen LogP contribution is 2.24. The molecule has 0 amide bonds. The average molecular weight is 270 g/mol. The number of ether oxygens (including phenoxy) is 2. The van der Waals surface area contributed by atoms with Crippen molar-refractivity contribution in [2.45, 2.75) is 6.54 Å². The van der Waals surface area contributed by atoms with Gasteiger partial charge in [-0.2, -0.15) is 0 Å². The highest BCUT2D eigenvalue weighted by Gasteiger charge is 2.11. The molecule has 0 saturated carbocycles. The number of non-ortho nitro benzene ring substituents is 1. The zero-order valence-corrected chi connectivity index (χ0v) is 10.8. The number of aliphatic hydroxyl groups is 1. The lowest BCUT2D eigenvalue weighted by Crippen LogP contribution is -2.12. The predicted octanol–water partition coefficient (Wildman–Crippen LogP) is 0.702. The zero-order chi connectivity index (χ0) is 14.1. The average Bonchev–Trinajstić information content (AvgIpc) is 2.40. The van der Waals surface area contributed by atoms with Crippen molar-refractivity contribution >= 4 is 5.69 Å². The number of nitro benzene ring substituents is 1. The van der Waals surface area contributed by atoms with Gasteiger partial charge in [-0.15, -0.1) is 0 Å². The first-order valence-corrected chi connectivity index (χ1v) is 5.92. The first-order valence-electron chi connectivity index (χ1n) is 5.92. The summed E-state index contributed by atoms with van der Waals surface area (Å²) in [6.45, 7) is 1.41. The van der Waals surface area contributed by atoms with Crippen LogP contribution in [0, 0.1) is 10.1 Å². The molecule has 106 valence electrons. The summed E-state index contributed by atoms with van der Waals surface area (Å²) in [5, 5.41) is 22.2. The Labute approximate surface area is 111 Å². The molecule has 2 N–H and O–H groups in total. The molecule has 0 spiro atoms. The summed E-state index contributed by atoms with van der Waals surface area (Å²) in [7, 11) is 1.76. The number of aliphatic hydroxyl groups excluding tert-OH is 1. The van der Waals surface area contributed by atoms with Crippen molar-refractivity contribution in [1.82, 2.24) is 5.32 Å². The molecule has 0 heterocycles. The summed E-state index contributed by atoms with van der Waals surface area (Å²) < 4.78 is 10.6. The van der Waals surface area contributed by atoms with Crippen LogP contribution in [-0.4, -0.2) is 43.5 Å². The Balaban J connectivity index is 2.62. The Bertz CT molecular complexity index is 411. The van der Waals surface area contributed by atoms with E-state index in [1.54, 1.807) is 13.1 Å². The normalized spacial score (nSPS) is 10.4. The molecule has 0 aliphatic heterocycles. The van der Waals surface area contributed by atoms with E-state index in [9.17, 15) is 10.1 Å². The highest BCUT2D eigenvalue weighted by atomic mass is 16.6. The fraction of sp³-hybridized carbons (Fsp3) is 0.500. The summed E-state index contributed by atoms with van der Waals surface area (Å²) in [4.78, 5) is 10.3. The van der Waals surface area contributed by atoms with Gasteiger partial charge in [0.05, 0.1) is 24.7 Å². The number of hydrogen-bond donors (Lipinski definition) is 2. The molecule has 7 heteroatoms. The van der Waals surface area contributed by atoms with Crippen LogP contribution in [0.2, 0.25) is 0 Å². The summed E-state index contributed by atoms with van der Waals surface area (Å²) >= 11 is 0. The number of nitro groups is 1. The Morgan fingerprint density at radius 1 is 1.37 bits per heavy atom. The maximum atomic E-state index is 10.7. The minimum atomic E-state index is -0.437. The van der Waals surface area contributed by atoms with Crippen LogP contribution in [-0.2, 0) is 11.3 Å². The van der Waals surface area contributed by atoms with Crippen molar-refractivity contribution in [2.75, 3.05) is 33.5 Å². The van der Waals surface area contributed by atoms with Crippen LogP contribution in [0.25, 0.3) is 0 Å². The lowest BCUT2D eigenvalue weighted by molar-refractivity contribution is -0.384. The van der Waals surface area contributed by atoms with Gasteiger partial charge in [-0.1, -0.05) is 0 Å². The third-order valence-corrected chi connectivity index (χ3v) is 2.34. The molecular weight excluding hydrogens is 252 g/mol. The second-order valence-electron chi connectivity index (χ2n) is 3.76. The number of rotatable bonds is 9. The third-order valence-electron chi connectivity index (χ3n) is 2.34. The topological polar surface area (TPSA) is 93.9 Å². The van der Waals surface area contributed by atoms with Gasteiger partial charge in [0.1, 0.15) is 12.4 Å². The Morgan fingerprint density at radius 3 is 2.79 bits per heavy atom. The van der Waals surface area contributed by atoms with E-state index < -0.39 is 4.92 Å². The van der Waals surface area contributed by atoms with E-state index in [0.717, 1.165) is 5.56 Å². The molecule has 0 unspecified atom stereocenters. The lowest BCUT2D eigenvalue weighted by atomic mass is 10.2. The van der Waals surface area contributed by atoms with E-state index in [4.69, 9.17) is 14.6 Å². The fourth-order valence-electron chi connectivity index (χ4n) is 1.53. The maximum Gasteiger partial charge on any atom is 0.270 e. The summed E-state index contributed by atoms with van der Waals surface area (Å²) in [5.74, 6) is 0.590. The van der Waals surface area contributed by atoms with Crippen LogP contribution < -0.4 is 10.1 Å². The van der Waals surface area contributed by atoms with Gasteiger partial charge in [-0.25, -0.2) is 0 Å². The van der Waals surface area contributed by atoms with E-state index in [1.807, 2.05) is 0 Å². The largest absolute Gasteiger partial charge is 0.491 e. The van der Waals surface area contributed by atoms with E-state index in [-0.39, 0.29) is 18.9 Å². The van der Waals surface area contributed by atoms with Gasteiger partial charge in [-0.05, 0) is 13.1 Å². The van der Waals surface area contributed by atoms with Crippen molar-refractivity contribution in [3.05, 3.63) is 33.9 Å². The van der Waals surface area contributed by atoms with Gasteiger partial charge in [0.15, 0.2) is 0 Å². The molecule has 0 fully saturated rings. The Morgan fingerprint density at radius 2 is 2.16 bits per heavy atom. The molecule has 0 atom stereocenters. The van der Waals surface area contributed by atoms with Gasteiger partial charge in [0.2, 0.25) is 0 Å². The van der Waals surface area contributed by atoms with Gasteiger partial charge in [0, 0.05) is 24.2 Å². The first kappa shape index (κ1) is 15.4. The molecule has 0 aliphatic rings. The molecule has 0 bridgehead atoms. The quantitative estimate of drug-likeness (QED) is 0.390. The lowest BCUT2D eigenvalue weighted by Gasteiger charge is -2.11. The van der Waals surface area contributed by atoms with E-state index in [0.29, 0.717) is 25.5 Å². The van der Waals surface area contributed by atoms with Gasteiger partial charge in [-0.3, -0.25) is 10.1 Å². The second kappa shape index (κ2) is 8.41. The smallest absolute Gasteiger partial charge is 0.270 e. The molecule has 1 aromatic carbocycles. The number of nitrogens with one attached hydrogen (secondary N) is 1. The summed E-state index contributed by atoms with van der Waals surface area (Å²) in [6.07, 6.45) is 0. The van der Waals surface area contributed by atoms with Crippen molar-refractivity contribution in [3.8, 4) is 5.75 Å². The minimum Gasteiger partial charge on any atom is -0.491 e. The van der Waals surface area contributed by atoms with Crippen LogP contribution >= 0.6 is 0 Å². The molecule has 0 radical (unpaired) electrons. The molecule has 0 aromatic heterocycles. The van der Waals surface area contributed by atoms with Crippen molar-refractivity contribution in [1.29, 1.82) is 0 Å². The molecule has 1 rings (SSSR count). The van der Waals surface area contributed by atoms with Crippen LogP contribution in [0.3, 0.4) is 0 Å². The molecule has 0 aliphatic carbocycles. The molecular formula is C12H18N2O5. The van der Waals surface area contributed by atoms with E-state index >= 15 is 0 Å². The van der Waals surface area contributed by atoms with Crippen molar-refractivity contribution in [2.24, 2.45) is 0 Å². The standard InChI is InChI=1S/C12H18N2O5/c1-13-9-10-8-11(14(16)17)2-3-12(10)19-7-6-18-5-4-15/h2-3,8,13,15H,4-7,9H2,1H3. The summed E-state index contributed by atoms with van der Waals surface area (Å²) in [6, 6.07) is 4.47. The third kappa shape index (κ3) is 5.21. The van der Waals surface area contributed by atoms with Gasteiger partial charge >= 0.3 is 0 Å². The Kier molecular flexibility index (Phi) is 6.80. The van der Waals surface area contributed by atoms with E-state index in [1.165, 1.54) is 12.1 Å². The first-order chi connectivity index (χ1) is 9.19. The highest BCUT2D eigenvalue weighted by molar-refractivity contribution is 5.43. The number of hydrogen-bond acceptors (Lipinski definition) is 6. The van der Waals surface area contributed by atoms with Gasteiger partial charge < -0.3 is 19.9 Å². The van der Waals surface area contributed by atoms with Crippen molar-refractivity contribution < 1.29 is 19.5 Å². The van der Waals surface area contributed by atoms with Crippen molar-refractivity contribution in [3.63, 3.8) is 0 Å². The molecule has 19 heavy (non-hydrogen) atoms. The summed E-state index contributed by atoms with van der Waals surface area (Å²) in [5.41, 5.74) is 0.757. The van der Waals surface area contributed by atoms with Crippen LogP contribution in [0.1, 0.15) is 5.56 Å². The predicted molar refractivity (Wildman–Crippen MR) is 69.3 cm³/mol. The zero-order valence-electron chi connectivity index (χ0n) is 10.8. The van der Waals surface area contributed by atoms with Crippen LogP contribution in [0.5, 0.6) is 5.75 Å². The van der Waals surface area contributed by atoms with Crippen LogP contribution in [0.15, 0.2) is 18.2 Å². The molecule has 1 aromatic rings. The number of nitrogens with zero attached hydrogens (tertiary/aromatic N) is 1. The molecule has 0 saturated heterocycles. The minimum absolute atomic E-state index is 0.0253. The number of benzene rings is 1. The maximum absolute atomic E-state index is 10.7. The second-order valence-corrected chi connectivity index (χ2v) is 3.76. The van der Waals surface area contributed by atoms with Crippen LogP contribution in [0.4, 0.5) is 5.69 Å². The monoisotopic (exact) mass is 270 g/mol. The Hall–Kier alpha value is -1.70. The van der Waals surface area contributed by atoms with E-state index in [2.05, 4.69) is 5.32 Å². The fourth-order valence-corrected chi connectivity index (χ4v) is 1.53.